The van der Waals surface area contributed by atoms with Crippen LogP contribution < -0.4 is 5.43 Å². The van der Waals surface area contributed by atoms with E-state index in [1.807, 2.05) is 24.3 Å². The fourth-order valence-electron chi connectivity index (χ4n) is 2.38. The van der Waals surface area contributed by atoms with Gasteiger partial charge in [0, 0.05) is 11.6 Å². The number of nitrogens with one attached hydrogen (secondary N) is 1. The largest absolute Gasteiger partial charge is 0.508 e. The van der Waals surface area contributed by atoms with Crippen molar-refractivity contribution in [2.75, 3.05) is 0 Å². The van der Waals surface area contributed by atoms with E-state index in [1.165, 1.54) is 17.7 Å². The van der Waals surface area contributed by atoms with E-state index in [0.717, 1.165) is 5.56 Å². The van der Waals surface area contributed by atoms with Crippen molar-refractivity contribution in [2.45, 2.75) is 39.5 Å². The molecule has 0 aliphatic rings. The fraction of sp³-hybridized carbons (Fsp3) is 0.300. The van der Waals surface area contributed by atoms with Gasteiger partial charge < -0.3 is 10.2 Å². The Morgan fingerprint density at radius 1 is 1.08 bits per heavy atom. The van der Waals surface area contributed by atoms with E-state index in [1.54, 1.807) is 13.0 Å². The zero-order valence-corrected chi connectivity index (χ0v) is 15.0. The topological polar surface area (TPSA) is 81.9 Å². The summed E-state index contributed by atoms with van der Waals surface area (Å²) in [4.78, 5) is 12.0. The molecule has 3 N–H and O–H groups in total. The van der Waals surface area contributed by atoms with Gasteiger partial charge in [0.2, 0.25) is 5.91 Å². The Balaban J connectivity index is 2.00. The van der Waals surface area contributed by atoms with E-state index in [-0.39, 0.29) is 29.2 Å². The molecular weight excluding hydrogens is 316 g/mol. The predicted molar refractivity (Wildman–Crippen MR) is 99.0 cm³/mol. The second-order valence-corrected chi connectivity index (χ2v) is 7.06. The SMILES string of the molecule is C/C(=N/NC(=O)Cc1ccc(C(C)(C)C)cc1)c1ccc(O)cc1O. The van der Waals surface area contributed by atoms with Gasteiger partial charge in [0.25, 0.3) is 0 Å². The Morgan fingerprint density at radius 2 is 1.72 bits per heavy atom. The summed E-state index contributed by atoms with van der Waals surface area (Å²) >= 11 is 0. The van der Waals surface area contributed by atoms with Crippen molar-refractivity contribution in [3.05, 3.63) is 59.2 Å². The Hall–Kier alpha value is -2.82. The number of hydrogen-bond donors (Lipinski definition) is 3. The van der Waals surface area contributed by atoms with Gasteiger partial charge in [-0.15, -0.1) is 0 Å². The maximum Gasteiger partial charge on any atom is 0.244 e. The van der Waals surface area contributed by atoms with Crippen molar-refractivity contribution in [2.24, 2.45) is 5.10 Å². The third-order valence-corrected chi connectivity index (χ3v) is 3.90. The third kappa shape index (κ3) is 5.08. The highest BCUT2D eigenvalue weighted by Crippen LogP contribution is 2.23. The molecule has 0 aliphatic carbocycles. The van der Waals surface area contributed by atoms with Crippen molar-refractivity contribution in [1.82, 2.24) is 5.43 Å². The van der Waals surface area contributed by atoms with Gasteiger partial charge >= 0.3 is 0 Å². The van der Waals surface area contributed by atoms with Crippen LogP contribution in [0.2, 0.25) is 0 Å². The molecule has 1 amide bonds. The molecule has 132 valence electrons. The van der Waals surface area contributed by atoms with Gasteiger partial charge in [-0.05, 0) is 35.6 Å². The molecule has 5 heteroatoms. The number of phenols is 2. The number of carbonyl (C=O) groups is 1. The molecule has 2 aromatic carbocycles. The van der Waals surface area contributed by atoms with Gasteiger partial charge in [-0.25, -0.2) is 5.43 Å². The first-order valence-electron chi connectivity index (χ1n) is 8.12. The van der Waals surface area contributed by atoms with Gasteiger partial charge in [0.05, 0.1) is 12.1 Å². The molecule has 2 rings (SSSR count). The first-order chi connectivity index (χ1) is 11.7. The molecule has 0 spiro atoms. The number of carbonyl (C=O) groups excluding carboxylic acids is 1. The second kappa shape index (κ2) is 7.38. The summed E-state index contributed by atoms with van der Waals surface area (Å²) in [6, 6.07) is 12.2. The van der Waals surface area contributed by atoms with Gasteiger partial charge in [-0.1, -0.05) is 45.0 Å². The first-order valence-corrected chi connectivity index (χ1v) is 8.12. The minimum absolute atomic E-state index is 0.0308. The first kappa shape index (κ1) is 18.5. The molecule has 5 nitrogen and oxygen atoms in total. The smallest absolute Gasteiger partial charge is 0.244 e. The maximum atomic E-state index is 12.0. The molecule has 0 unspecified atom stereocenters. The molecule has 2 aromatic rings. The lowest BCUT2D eigenvalue weighted by Crippen LogP contribution is -2.21. The van der Waals surface area contributed by atoms with E-state index >= 15 is 0 Å². The van der Waals surface area contributed by atoms with E-state index in [9.17, 15) is 15.0 Å². The summed E-state index contributed by atoms with van der Waals surface area (Å²) < 4.78 is 0. The zero-order chi connectivity index (χ0) is 18.6. The number of nitrogens with zero attached hydrogens (tertiary/aromatic N) is 1. The summed E-state index contributed by atoms with van der Waals surface area (Å²) in [6.07, 6.45) is 0.225. The van der Waals surface area contributed by atoms with Crippen LogP contribution in [0.15, 0.2) is 47.6 Å². The van der Waals surface area contributed by atoms with Crippen molar-refractivity contribution in [3.63, 3.8) is 0 Å². The molecule has 0 fully saturated rings. The monoisotopic (exact) mass is 340 g/mol. The molecule has 0 radical (unpaired) electrons. The van der Waals surface area contributed by atoms with Crippen LogP contribution in [-0.4, -0.2) is 21.8 Å². The van der Waals surface area contributed by atoms with Crippen molar-refractivity contribution in [3.8, 4) is 11.5 Å². The van der Waals surface area contributed by atoms with Crippen LogP contribution in [0.25, 0.3) is 0 Å². The highest BCUT2D eigenvalue weighted by Gasteiger charge is 2.13. The highest BCUT2D eigenvalue weighted by atomic mass is 16.3. The van der Waals surface area contributed by atoms with E-state index < -0.39 is 0 Å². The summed E-state index contributed by atoms with van der Waals surface area (Å²) in [5.41, 5.74) is 5.60. The number of benzene rings is 2. The Labute approximate surface area is 148 Å². The van der Waals surface area contributed by atoms with Gasteiger partial charge in [-0.3, -0.25) is 4.79 Å². The zero-order valence-electron chi connectivity index (χ0n) is 15.0. The molecule has 0 heterocycles. The normalized spacial score (nSPS) is 12.1. The summed E-state index contributed by atoms with van der Waals surface area (Å²) in [7, 11) is 0. The predicted octanol–water partition coefficient (Wildman–Crippen LogP) is 3.48. The number of amides is 1. The minimum atomic E-state index is -0.235. The lowest BCUT2D eigenvalue weighted by atomic mass is 9.86. The average Bonchev–Trinajstić information content (AvgIpc) is 2.52. The number of rotatable bonds is 4. The number of phenolic OH excluding ortho intramolecular Hbond substituents is 2. The van der Waals surface area contributed by atoms with Crippen LogP contribution >= 0.6 is 0 Å². The molecule has 0 aliphatic heterocycles. The van der Waals surface area contributed by atoms with Crippen LogP contribution in [0, 0.1) is 0 Å². The van der Waals surface area contributed by atoms with Crippen LogP contribution in [0.3, 0.4) is 0 Å². The molecule has 0 aromatic heterocycles. The molecule has 0 bridgehead atoms. The Kier molecular flexibility index (Phi) is 5.47. The van der Waals surface area contributed by atoms with Crippen molar-refractivity contribution >= 4 is 11.6 Å². The molecular formula is C20H24N2O3. The van der Waals surface area contributed by atoms with Crippen molar-refractivity contribution < 1.29 is 15.0 Å². The summed E-state index contributed by atoms with van der Waals surface area (Å²) in [6.45, 7) is 8.10. The molecule has 25 heavy (non-hydrogen) atoms. The number of hydrazone groups is 1. The lowest BCUT2D eigenvalue weighted by Gasteiger charge is -2.19. The lowest BCUT2D eigenvalue weighted by molar-refractivity contribution is -0.120. The fourth-order valence-corrected chi connectivity index (χ4v) is 2.38. The van der Waals surface area contributed by atoms with Gasteiger partial charge in [0.1, 0.15) is 11.5 Å². The highest BCUT2D eigenvalue weighted by molar-refractivity contribution is 6.01. The minimum Gasteiger partial charge on any atom is -0.508 e. The van der Waals surface area contributed by atoms with Gasteiger partial charge in [-0.2, -0.15) is 5.10 Å². The van der Waals surface area contributed by atoms with E-state index in [2.05, 4.69) is 31.3 Å². The molecule has 0 atom stereocenters. The van der Waals surface area contributed by atoms with E-state index in [4.69, 9.17) is 0 Å². The third-order valence-electron chi connectivity index (χ3n) is 3.90. The summed E-state index contributed by atoms with van der Waals surface area (Å²) in [5.74, 6) is -0.355. The van der Waals surface area contributed by atoms with E-state index in [0.29, 0.717) is 11.3 Å². The van der Waals surface area contributed by atoms with Crippen molar-refractivity contribution in [1.29, 1.82) is 0 Å². The Bertz CT molecular complexity index is 788. The Morgan fingerprint density at radius 3 is 2.28 bits per heavy atom. The quantitative estimate of drug-likeness (QED) is 0.589. The molecule has 0 saturated heterocycles. The second-order valence-electron chi connectivity index (χ2n) is 7.06. The molecule has 0 saturated carbocycles. The number of aromatic hydroxyl groups is 2. The number of hydrogen-bond acceptors (Lipinski definition) is 4. The van der Waals surface area contributed by atoms with Crippen LogP contribution in [-0.2, 0) is 16.6 Å². The van der Waals surface area contributed by atoms with Crippen LogP contribution in [0.1, 0.15) is 44.4 Å². The average molecular weight is 340 g/mol. The maximum absolute atomic E-state index is 12.0. The van der Waals surface area contributed by atoms with Gasteiger partial charge in [0.15, 0.2) is 0 Å². The standard InChI is InChI=1S/C20H24N2O3/c1-13(17-10-9-16(23)12-18(17)24)21-22-19(25)11-14-5-7-15(8-6-14)20(2,3)4/h5-10,12,23-24H,11H2,1-4H3,(H,22,25)/b21-13-. The van der Waals surface area contributed by atoms with Crippen LogP contribution in [0.4, 0.5) is 0 Å². The summed E-state index contributed by atoms with van der Waals surface area (Å²) in [5, 5.41) is 23.1. The van der Waals surface area contributed by atoms with Crippen LogP contribution in [0.5, 0.6) is 11.5 Å².